The molecule has 1 aliphatic heterocycles. The van der Waals surface area contributed by atoms with Crippen molar-refractivity contribution in [2.45, 2.75) is 0 Å². The first-order valence-electron chi connectivity index (χ1n) is 8.99. The number of nitrogens with zero attached hydrogens (tertiary/aromatic N) is 3. The van der Waals surface area contributed by atoms with E-state index in [1.165, 1.54) is 14.2 Å². The Morgan fingerprint density at radius 3 is 2.30 bits per heavy atom. The Hall–Kier alpha value is -2.80. The zero-order valence-electron chi connectivity index (χ0n) is 15.8. The molecule has 0 amide bonds. The third kappa shape index (κ3) is 4.68. The first-order valence-corrected chi connectivity index (χ1v) is 8.99. The van der Waals surface area contributed by atoms with Crippen LogP contribution in [0.3, 0.4) is 0 Å². The molecule has 1 aromatic carbocycles. The molecule has 1 aromatic heterocycles. The third-order valence-corrected chi connectivity index (χ3v) is 4.62. The normalized spacial score (nSPS) is 14.7. The first kappa shape index (κ1) is 19.0. The Balaban J connectivity index is 1.48. The predicted octanol–water partition coefficient (Wildman–Crippen LogP) is 2.08. The quantitative estimate of drug-likeness (QED) is 0.691. The monoisotopic (exact) mass is 371 g/mol. The van der Waals surface area contributed by atoms with Crippen LogP contribution in [0.4, 0.5) is 5.82 Å². The lowest BCUT2D eigenvalue weighted by Crippen LogP contribution is -2.47. The van der Waals surface area contributed by atoms with E-state index in [9.17, 15) is 4.79 Å². The van der Waals surface area contributed by atoms with Crippen LogP contribution in [0.25, 0.3) is 0 Å². The Bertz CT molecular complexity index is 724. The van der Waals surface area contributed by atoms with Gasteiger partial charge >= 0.3 is 5.97 Å². The highest BCUT2D eigenvalue weighted by Gasteiger charge is 2.21. The van der Waals surface area contributed by atoms with E-state index >= 15 is 0 Å². The van der Waals surface area contributed by atoms with Gasteiger partial charge in [0.1, 0.15) is 29.5 Å². The lowest BCUT2D eigenvalue weighted by Gasteiger charge is -2.35. The van der Waals surface area contributed by atoms with Crippen LogP contribution in [0.5, 0.6) is 11.5 Å². The maximum absolute atomic E-state index is 12.5. The van der Waals surface area contributed by atoms with Gasteiger partial charge in [-0.1, -0.05) is 12.1 Å². The van der Waals surface area contributed by atoms with Gasteiger partial charge in [0.25, 0.3) is 0 Å². The molecule has 0 radical (unpaired) electrons. The third-order valence-electron chi connectivity index (χ3n) is 4.62. The van der Waals surface area contributed by atoms with Crippen molar-refractivity contribution in [1.82, 2.24) is 9.88 Å². The van der Waals surface area contributed by atoms with Gasteiger partial charge in [0.05, 0.1) is 14.2 Å². The highest BCUT2D eigenvalue weighted by atomic mass is 16.5. The van der Waals surface area contributed by atoms with Crippen molar-refractivity contribution in [3.63, 3.8) is 0 Å². The number of rotatable bonds is 7. The number of carbonyl (C=O) groups is 1. The number of aromatic nitrogens is 1. The summed E-state index contributed by atoms with van der Waals surface area (Å²) >= 11 is 0. The average molecular weight is 371 g/mol. The van der Waals surface area contributed by atoms with Crippen molar-refractivity contribution in [3.05, 3.63) is 48.2 Å². The standard InChI is InChI=1S/C20H25N3O4/c1-25-16-6-5-7-17(26-2)19(16)20(24)27-15-14-22-10-12-23(13-11-22)18-8-3-4-9-21-18/h3-9H,10-15H2,1-2H3. The molecule has 3 rings (SSSR count). The highest BCUT2D eigenvalue weighted by molar-refractivity contribution is 5.95. The van der Waals surface area contributed by atoms with Crippen LogP contribution in [0, 0.1) is 0 Å². The molecule has 1 aliphatic rings. The maximum atomic E-state index is 12.5. The van der Waals surface area contributed by atoms with Gasteiger partial charge in [-0.3, -0.25) is 4.90 Å². The van der Waals surface area contributed by atoms with Crippen molar-refractivity contribution in [3.8, 4) is 11.5 Å². The summed E-state index contributed by atoms with van der Waals surface area (Å²) in [5, 5.41) is 0. The number of esters is 1. The van der Waals surface area contributed by atoms with Crippen molar-refractivity contribution in [2.24, 2.45) is 0 Å². The molecular weight excluding hydrogens is 346 g/mol. The zero-order valence-corrected chi connectivity index (χ0v) is 15.8. The van der Waals surface area contributed by atoms with Crippen LogP contribution in [0.1, 0.15) is 10.4 Å². The highest BCUT2D eigenvalue weighted by Crippen LogP contribution is 2.28. The lowest BCUT2D eigenvalue weighted by atomic mass is 10.2. The Labute approximate surface area is 159 Å². The van der Waals surface area contributed by atoms with E-state index in [4.69, 9.17) is 14.2 Å². The Morgan fingerprint density at radius 2 is 1.70 bits per heavy atom. The predicted molar refractivity (Wildman–Crippen MR) is 103 cm³/mol. The topological polar surface area (TPSA) is 64.1 Å². The number of hydrogen-bond donors (Lipinski definition) is 0. The molecule has 1 saturated heterocycles. The van der Waals surface area contributed by atoms with Crippen molar-refractivity contribution < 1.29 is 19.0 Å². The first-order chi connectivity index (χ1) is 13.2. The summed E-state index contributed by atoms with van der Waals surface area (Å²) in [6.07, 6.45) is 1.81. The summed E-state index contributed by atoms with van der Waals surface area (Å²) in [7, 11) is 3.04. The summed E-state index contributed by atoms with van der Waals surface area (Å²) in [5.74, 6) is 1.47. The zero-order chi connectivity index (χ0) is 19.1. The number of methoxy groups -OCH3 is 2. The van der Waals surface area contributed by atoms with Crippen LogP contribution >= 0.6 is 0 Å². The molecule has 0 unspecified atom stereocenters. The summed E-state index contributed by atoms with van der Waals surface area (Å²) in [4.78, 5) is 21.4. The number of pyridine rings is 1. The SMILES string of the molecule is COc1cccc(OC)c1C(=O)OCCN1CCN(c2ccccn2)CC1. The second kappa shape index (κ2) is 9.23. The number of anilines is 1. The molecule has 7 heteroatoms. The average Bonchev–Trinajstić information content (AvgIpc) is 2.74. The maximum Gasteiger partial charge on any atom is 0.345 e. The van der Waals surface area contributed by atoms with Gasteiger partial charge in [-0.25, -0.2) is 9.78 Å². The summed E-state index contributed by atoms with van der Waals surface area (Å²) in [6.45, 7) is 4.65. The molecule has 2 aromatic rings. The molecule has 0 aliphatic carbocycles. The number of piperazine rings is 1. The summed E-state index contributed by atoms with van der Waals surface area (Å²) in [5.41, 5.74) is 0.322. The molecule has 0 atom stereocenters. The molecule has 144 valence electrons. The minimum atomic E-state index is -0.434. The van der Waals surface area contributed by atoms with E-state index in [0.717, 1.165) is 32.0 Å². The molecule has 1 fully saturated rings. The Kier molecular flexibility index (Phi) is 6.49. The van der Waals surface area contributed by atoms with E-state index in [0.29, 0.717) is 30.2 Å². The van der Waals surface area contributed by atoms with E-state index in [2.05, 4.69) is 14.8 Å². The fourth-order valence-electron chi connectivity index (χ4n) is 3.13. The summed E-state index contributed by atoms with van der Waals surface area (Å²) in [6, 6.07) is 11.2. The number of carbonyl (C=O) groups excluding carboxylic acids is 1. The minimum absolute atomic E-state index is 0.322. The van der Waals surface area contributed by atoms with Gasteiger partial charge in [-0.15, -0.1) is 0 Å². The van der Waals surface area contributed by atoms with Crippen molar-refractivity contribution in [1.29, 1.82) is 0 Å². The fraction of sp³-hybridized carbons (Fsp3) is 0.400. The second-order valence-corrected chi connectivity index (χ2v) is 6.19. The van der Waals surface area contributed by atoms with E-state index in [1.54, 1.807) is 18.2 Å². The van der Waals surface area contributed by atoms with E-state index in [-0.39, 0.29) is 0 Å². The fourth-order valence-corrected chi connectivity index (χ4v) is 3.13. The smallest absolute Gasteiger partial charge is 0.345 e. The molecular formula is C20H25N3O4. The second-order valence-electron chi connectivity index (χ2n) is 6.19. The number of hydrogen-bond acceptors (Lipinski definition) is 7. The van der Waals surface area contributed by atoms with Crippen LogP contribution in [-0.4, -0.2) is 69.4 Å². The van der Waals surface area contributed by atoms with Gasteiger partial charge < -0.3 is 19.1 Å². The van der Waals surface area contributed by atoms with Crippen molar-refractivity contribution >= 4 is 11.8 Å². The molecule has 2 heterocycles. The molecule has 7 nitrogen and oxygen atoms in total. The van der Waals surface area contributed by atoms with Crippen LogP contribution in [0.15, 0.2) is 42.6 Å². The van der Waals surface area contributed by atoms with Crippen molar-refractivity contribution in [2.75, 3.05) is 58.5 Å². The molecule has 0 bridgehead atoms. The van der Waals surface area contributed by atoms with Gasteiger partial charge in [-0.05, 0) is 24.3 Å². The van der Waals surface area contributed by atoms with Crippen LogP contribution in [0.2, 0.25) is 0 Å². The van der Waals surface area contributed by atoms with Crippen LogP contribution in [-0.2, 0) is 4.74 Å². The summed E-state index contributed by atoms with van der Waals surface area (Å²) < 4.78 is 16.0. The Morgan fingerprint density at radius 1 is 1.00 bits per heavy atom. The molecule has 27 heavy (non-hydrogen) atoms. The molecule has 0 N–H and O–H groups in total. The van der Waals surface area contributed by atoms with Gasteiger partial charge in [-0.2, -0.15) is 0 Å². The van der Waals surface area contributed by atoms with E-state index in [1.807, 2.05) is 24.4 Å². The van der Waals surface area contributed by atoms with Gasteiger partial charge in [0.2, 0.25) is 0 Å². The number of benzene rings is 1. The largest absolute Gasteiger partial charge is 0.496 e. The van der Waals surface area contributed by atoms with Gasteiger partial charge in [0, 0.05) is 38.9 Å². The minimum Gasteiger partial charge on any atom is -0.496 e. The lowest BCUT2D eigenvalue weighted by molar-refractivity contribution is 0.0452. The van der Waals surface area contributed by atoms with E-state index < -0.39 is 5.97 Å². The number of ether oxygens (including phenoxy) is 3. The molecule has 0 spiro atoms. The van der Waals surface area contributed by atoms with Gasteiger partial charge in [0.15, 0.2) is 0 Å². The molecule has 0 saturated carbocycles. The van der Waals surface area contributed by atoms with Crippen LogP contribution < -0.4 is 14.4 Å².